The molecule has 1 aliphatic heterocycles. The maximum absolute atomic E-state index is 14.0. The van der Waals surface area contributed by atoms with E-state index in [2.05, 4.69) is 36.8 Å². The van der Waals surface area contributed by atoms with Gasteiger partial charge in [-0.2, -0.15) is 0 Å². The largest absolute Gasteiger partial charge is 0.392 e. The number of fused-ring (bicyclic) bond motifs is 1. The lowest BCUT2D eigenvalue weighted by atomic mass is 9.92. The van der Waals surface area contributed by atoms with E-state index in [0.29, 0.717) is 15.7 Å². The van der Waals surface area contributed by atoms with Crippen LogP contribution in [0.15, 0.2) is 58.2 Å². The Balaban J connectivity index is 1.86. The molecule has 7 nitrogen and oxygen atoms in total. The monoisotopic (exact) mass is 663 g/mol. The summed E-state index contributed by atoms with van der Waals surface area (Å²) in [6, 6.07) is 12.2. The molecular weight excluding hydrogens is 645 g/mol. The van der Waals surface area contributed by atoms with Crippen LogP contribution in [0.5, 0.6) is 0 Å². The Morgan fingerprint density at radius 1 is 1.14 bits per heavy atom. The van der Waals surface area contributed by atoms with E-state index in [-0.39, 0.29) is 40.8 Å². The molecule has 0 saturated heterocycles. The lowest BCUT2D eigenvalue weighted by Crippen LogP contribution is -2.42. The van der Waals surface area contributed by atoms with E-state index in [4.69, 9.17) is 23.2 Å². The molecule has 3 aromatic rings. The number of sulfone groups is 1. The molecule has 2 heterocycles. The molecular formula is C23H21Br2Cl2N3O4S. The normalized spacial score (nSPS) is 18.7. The van der Waals surface area contributed by atoms with Crippen molar-refractivity contribution >= 4 is 82.4 Å². The molecule has 2 aromatic carbocycles. The number of anilines is 2. The number of carbonyl (C=O) groups excluding carboxylic acids is 1. The molecule has 1 aromatic heterocycles. The quantitative estimate of drug-likeness (QED) is 0.321. The van der Waals surface area contributed by atoms with Gasteiger partial charge in [0.15, 0.2) is 14.9 Å². The van der Waals surface area contributed by atoms with Crippen LogP contribution in [0.2, 0.25) is 10.0 Å². The molecule has 2 atom stereocenters. The van der Waals surface area contributed by atoms with Crippen LogP contribution in [0.1, 0.15) is 18.9 Å². The lowest BCUT2D eigenvalue weighted by molar-refractivity contribution is -0.124. The highest BCUT2D eigenvalue weighted by Crippen LogP contribution is 2.44. The molecule has 0 bridgehead atoms. The second-order valence-corrected chi connectivity index (χ2v) is 13.0. The van der Waals surface area contributed by atoms with Crippen LogP contribution in [-0.2, 0) is 26.6 Å². The van der Waals surface area contributed by atoms with E-state index in [1.807, 2.05) is 24.3 Å². The number of imidazole rings is 1. The number of hydrogen-bond donors (Lipinski definition) is 1. The van der Waals surface area contributed by atoms with Crippen molar-refractivity contribution in [1.82, 2.24) is 9.55 Å². The topological polar surface area (TPSA) is 92.5 Å². The van der Waals surface area contributed by atoms with Crippen LogP contribution in [-0.4, -0.2) is 46.2 Å². The average Bonchev–Trinajstić information content (AvgIpc) is 3.32. The molecule has 0 aliphatic carbocycles. The molecule has 0 fully saturated rings. The van der Waals surface area contributed by atoms with E-state index >= 15 is 0 Å². The Hall–Kier alpha value is -1.43. The number of benzene rings is 2. The number of nitrogens with zero attached hydrogens (tertiary/aromatic N) is 3. The second-order valence-electron chi connectivity index (χ2n) is 8.49. The summed E-state index contributed by atoms with van der Waals surface area (Å²) in [4.78, 5) is 19.7. The summed E-state index contributed by atoms with van der Waals surface area (Å²) >= 11 is 19.0. The minimum atomic E-state index is -3.88. The third-order valence-electron chi connectivity index (χ3n) is 5.85. The summed E-state index contributed by atoms with van der Waals surface area (Å²) in [5.74, 6) is -0.498. The molecule has 1 N–H and O–H groups in total. The molecule has 1 aliphatic rings. The minimum absolute atomic E-state index is 0.0408. The van der Waals surface area contributed by atoms with Gasteiger partial charge >= 0.3 is 0 Å². The van der Waals surface area contributed by atoms with Crippen LogP contribution >= 0.6 is 55.1 Å². The van der Waals surface area contributed by atoms with Gasteiger partial charge in [0.05, 0.1) is 23.7 Å². The zero-order chi connectivity index (χ0) is 25.5. The molecule has 0 spiro atoms. The standard InChI is InChI=1S/C23H21Br2Cl2N3O4S/c1-23(11-14-2-4-15(25)5-3-14)21(32)29(18-9-16(26)8-17(27)10-18)22-28-13-20(30(22)23)35(33,34)7-6-19(31)12-24/h2-5,8-10,13,19,31H,6-7,11-12H2,1H3/t19-,23+/m0/s1. The second kappa shape index (κ2) is 10.1. The van der Waals surface area contributed by atoms with Crippen molar-refractivity contribution in [3.8, 4) is 0 Å². The Morgan fingerprint density at radius 3 is 2.37 bits per heavy atom. The van der Waals surface area contributed by atoms with Gasteiger partial charge in [0.2, 0.25) is 5.95 Å². The number of alkyl halides is 1. The summed E-state index contributed by atoms with van der Waals surface area (Å²) in [5.41, 5.74) is -0.0736. The van der Waals surface area contributed by atoms with Crippen LogP contribution in [0.4, 0.5) is 11.6 Å². The first-order chi connectivity index (χ1) is 16.5. The van der Waals surface area contributed by atoms with Crippen molar-refractivity contribution in [2.24, 2.45) is 0 Å². The molecule has 12 heteroatoms. The fraction of sp³-hybridized carbons (Fsp3) is 0.304. The predicted molar refractivity (Wildman–Crippen MR) is 144 cm³/mol. The first-order valence-electron chi connectivity index (χ1n) is 10.6. The van der Waals surface area contributed by atoms with Gasteiger partial charge in [-0.25, -0.2) is 18.3 Å². The summed E-state index contributed by atoms with van der Waals surface area (Å²) in [7, 11) is -3.88. The maximum atomic E-state index is 14.0. The van der Waals surface area contributed by atoms with Crippen LogP contribution in [0.25, 0.3) is 0 Å². The molecule has 0 radical (unpaired) electrons. The molecule has 0 unspecified atom stereocenters. The summed E-state index contributed by atoms with van der Waals surface area (Å²) in [6.07, 6.45) is 0.710. The van der Waals surface area contributed by atoms with Gasteiger partial charge in [0.25, 0.3) is 5.91 Å². The number of rotatable bonds is 8. The molecule has 1 amide bonds. The Morgan fingerprint density at radius 2 is 1.77 bits per heavy atom. The van der Waals surface area contributed by atoms with E-state index in [1.165, 1.54) is 15.7 Å². The number of halogens is 4. The summed E-state index contributed by atoms with van der Waals surface area (Å²) in [5, 5.41) is 10.7. The third-order valence-corrected chi connectivity index (χ3v) is 9.26. The molecule has 4 rings (SSSR count). The summed E-state index contributed by atoms with van der Waals surface area (Å²) in [6.45, 7) is 1.70. The van der Waals surface area contributed by atoms with Crippen molar-refractivity contribution in [2.75, 3.05) is 16.0 Å². The highest BCUT2D eigenvalue weighted by atomic mass is 79.9. The van der Waals surface area contributed by atoms with Crippen LogP contribution in [0, 0.1) is 0 Å². The Labute approximate surface area is 230 Å². The van der Waals surface area contributed by atoms with Gasteiger partial charge in [0, 0.05) is 26.3 Å². The number of hydrogen-bond acceptors (Lipinski definition) is 5. The number of carbonyl (C=O) groups is 1. The highest BCUT2D eigenvalue weighted by molar-refractivity contribution is 9.10. The number of aromatic nitrogens is 2. The van der Waals surface area contributed by atoms with Gasteiger partial charge in [-0.3, -0.25) is 9.36 Å². The van der Waals surface area contributed by atoms with Crippen molar-refractivity contribution in [3.63, 3.8) is 0 Å². The van der Waals surface area contributed by atoms with Gasteiger partial charge in [-0.1, -0.05) is 67.2 Å². The molecule has 186 valence electrons. The van der Waals surface area contributed by atoms with Gasteiger partial charge in [-0.15, -0.1) is 0 Å². The smallest absolute Gasteiger partial charge is 0.260 e. The fourth-order valence-corrected chi connectivity index (χ4v) is 6.79. The lowest BCUT2D eigenvalue weighted by Gasteiger charge is -2.26. The first-order valence-corrected chi connectivity index (χ1v) is 14.9. The zero-order valence-corrected chi connectivity index (χ0v) is 24.0. The van der Waals surface area contributed by atoms with Crippen molar-refractivity contribution < 1.29 is 18.3 Å². The first kappa shape index (κ1) is 26.6. The van der Waals surface area contributed by atoms with Crippen molar-refractivity contribution in [1.29, 1.82) is 0 Å². The van der Waals surface area contributed by atoms with Gasteiger partial charge < -0.3 is 5.11 Å². The number of aliphatic hydroxyl groups excluding tert-OH is 1. The van der Waals surface area contributed by atoms with Crippen LogP contribution in [0.3, 0.4) is 0 Å². The maximum Gasteiger partial charge on any atom is 0.260 e. The predicted octanol–water partition coefficient (Wildman–Crippen LogP) is 5.51. The SMILES string of the molecule is C[C@@]1(Cc2ccc(Br)cc2)C(=O)N(c2cc(Cl)cc(Cl)c2)c2ncc(S(=O)(=O)CC[C@H](O)CBr)n21. The van der Waals surface area contributed by atoms with E-state index in [9.17, 15) is 18.3 Å². The Kier molecular flexibility index (Phi) is 7.72. The van der Waals surface area contributed by atoms with Crippen molar-refractivity contribution in [3.05, 3.63) is 68.7 Å². The van der Waals surface area contributed by atoms with Crippen LogP contribution < -0.4 is 4.90 Å². The molecule has 35 heavy (non-hydrogen) atoms. The van der Waals surface area contributed by atoms with E-state index in [0.717, 1.165) is 10.0 Å². The van der Waals surface area contributed by atoms with Gasteiger partial charge in [-0.05, 0) is 49.2 Å². The number of aliphatic hydroxyl groups is 1. The van der Waals surface area contributed by atoms with Gasteiger partial charge in [0.1, 0.15) is 5.54 Å². The Bertz CT molecular complexity index is 1360. The zero-order valence-electron chi connectivity index (χ0n) is 18.5. The van der Waals surface area contributed by atoms with E-state index < -0.39 is 21.5 Å². The summed E-state index contributed by atoms with van der Waals surface area (Å²) < 4.78 is 29.1. The fourth-order valence-electron chi connectivity index (χ4n) is 4.12. The third kappa shape index (κ3) is 5.19. The number of amides is 1. The average molecular weight is 666 g/mol. The minimum Gasteiger partial charge on any atom is -0.392 e. The van der Waals surface area contributed by atoms with Crippen molar-refractivity contribution in [2.45, 2.75) is 36.4 Å². The highest BCUT2D eigenvalue weighted by Gasteiger charge is 2.51. The molecule has 0 saturated carbocycles. The van der Waals surface area contributed by atoms with E-state index in [1.54, 1.807) is 25.1 Å².